The summed E-state index contributed by atoms with van der Waals surface area (Å²) in [5.74, 6) is 0.983. The number of hydrogen-bond acceptors (Lipinski definition) is 3. The molecule has 3 heteroatoms. The average Bonchev–Trinajstić information content (AvgIpc) is 3.00. The third kappa shape index (κ3) is 2.41. The molecule has 1 saturated heterocycles. The quantitative estimate of drug-likeness (QED) is 0.840. The summed E-state index contributed by atoms with van der Waals surface area (Å²) >= 11 is 1.88. The van der Waals surface area contributed by atoms with Crippen LogP contribution in [0.25, 0.3) is 0 Å². The van der Waals surface area contributed by atoms with Crippen LogP contribution in [-0.4, -0.2) is 30.6 Å². The number of nitrogens with one attached hydrogen (secondary N) is 1. The summed E-state index contributed by atoms with van der Waals surface area (Å²) in [6, 6.07) is 5.18. The second-order valence-corrected chi connectivity index (χ2v) is 5.74. The van der Waals surface area contributed by atoms with Gasteiger partial charge in [-0.1, -0.05) is 6.07 Å². The Kier molecular flexibility index (Phi) is 2.77. The molecule has 2 nitrogen and oxygen atoms in total. The summed E-state index contributed by atoms with van der Waals surface area (Å²) in [5.41, 5.74) is 0. The Balaban J connectivity index is 1.56. The maximum Gasteiger partial charge on any atom is 0.0329 e. The summed E-state index contributed by atoms with van der Waals surface area (Å²) in [6.07, 6.45) is 2.90. The van der Waals surface area contributed by atoms with E-state index in [0.717, 1.165) is 18.5 Å². The predicted octanol–water partition coefficient (Wildman–Crippen LogP) is 1.93. The van der Waals surface area contributed by atoms with E-state index < -0.39 is 0 Å². The highest BCUT2D eigenvalue weighted by Gasteiger charge is 2.33. The van der Waals surface area contributed by atoms with Gasteiger partial charge >= 0.3 is 0 Å². The SMILES string of the molecule is c1csc(CN2CCNC(C3CC3)C2)c1. The van der Waals surface area contributed by atoms with Crippen LogP contribution in [0.1, 0.15) is 17.7 Å². The van der Waals surface area contributed by atoms with Crippen molar-refractivity contribution in [3.8, 4) is 0 Å². The molecular weight excluding hydrogens is 204 g/mol. The topological polar surface area (TPSA) is 15.3 Å². The largest absolute Gasteiger partial charge is 0.311 e. The van der Waals surface area contributed by atoms with E-state index in [1.165, 1.54) is 37.4 Å². The van der Waals surface area contributed by atoms with Crippen LogP contribution in [0.5, 0.6) is 0 Å². The van der Waals surface area contributed by atoms with E-state index in [2.05, 4.69) is 27.7 Å². The molecule has 82 valence electrons. The summed E-state index contributed by atoms with van der Waals surface area (Å²) in [7, 11) is 0. The van der Waals surface area contributed by atoms with Gasteiger partial charge in [-0.2, -0.15) is 0 Å². The molecule has 0 radical (unpaired) electrons. The lowest BCUT2D eigenvalue weighted by molar-refractivity contribution is 0.183. The standard InChI is InChI=1S/C12H18N2S/c1-2-11(15-7-1)8-14-6-5-13-12(9-14)10-3-4-10/h1-2,7,10,12-13H,3-6,8-9H2. The van der Waals surface area contributed by atoms with Gasteiger partial charge in [0.25, 0.3) is 0 Å². The molecule has 1 unspecified atom stereocenters. The molecular formula is C12H18N2S. The number of piperazine rings is 1. The maximum absolute atomic E-state index is 3.65. The molecule has 15 heavy (non-hydrogen) atoms. The van der Waals surface area contributed by atoms with E-state index in [1.807, 2.05) is 11.3 Å². The lowest BCUT2D eigenvalue weighted by Crippen LogP contribution is -2.51. The second kappa shape index (κ2) is 4.24. The first-order valence-electron chi connectivity index (χ1n) is 5.90. The van der Waals surface area contributed by atoms with Crippen LogP contribution in [0.2, 0.25) is 0 Å². The van der Waals surface area contributed by atoms with Gasteiger partial charge in [0.05, 0.1) is 0 Å². The van der Waals surface area contributed by atoms with Gasteiger partial charge in [-0.05, 0) is 30.2 Å². The molecule has 1 saturated carbocycles. The average molecular weight is 222 g/mol. The van der Waals surface area contributed by atoms with Crippen LogP contribution in [0.4, 0.5) is 0 Å². The van der Waals surface area contributed by atoms with Crippen molar-refractivity contribution in [3.05, 3.63) is 22.4 Å². The van der Waals surface area contributed by atoms with Crippen molar-refractivity contribution in [3.63, 3.8) is 0 Å². The monoisotopic (exact) mass is 222 g/mol. The lowest BCUT2D eigenvalue weighted by atomic mass is 10.1. The van der Waals surface area contributed by atoms with E-state index in [0.29, 0.717) is 0 Å². The zero-order valence-corrected chi connectivity index (χ0v) is 9.80. The Bertz CT molecular complexity index is 305. The van der Waals surface area contributed by atoms with Crippen molar-refractivity contribution in [2.75, 3.05) is 19.6 Å². The normalized spacial score (nSPS) is 28.1. The van der Waals surface area contributed by atoms with Crippen molar-refractivity contribution in [1.82, 2.24) is 10.2 Å². The van der Waals surface area contributed by atoms with Crippen molar-refractivity contribution >= 4 is 11.3 Å². The minimum Gasteiger partial charge on any atom is -0.311 e. The number of rotatable bonds is 3. The summed E-state index contributed by atoms with van der Waals surface area (Å²) in [5, 5.41) is 5.83. The predicted molar refractivity (Wildman–Crippen MR) is 64.1 cm³/mol. The minimum absolute atomic E-state index is 0.777. The van der Waals surface area contributed by atoms with Gasteiger partial charge in [-0.15, -0.1) is 11.3 Å². The first-order chi connectivity index (χ1) is 7.42. The van der Waals surface area contributed by atoms with Crippen LogP contribution in [-0.2, 0) is 6.54 Å². The molecule has 1 atom stereocenters. The van der Waals surface area contributed by atoms with Gasteiger partial charge in [0.2, 0.25) is 0 Å². The van der Waals surface area contributed by atoms with Crippen LogP contribution in [0, 0.1) is 5.92 Å². The van der Waals surface area contributed by atoms with Crippen LogP contribution >= 0.6 is 11.3 Å². The fourth-order valence-corrected chi connectivity index (χ4v) is 3.17. The molecule has 3 rings (SSSR count). The molecule has 2 fully saturated rings. The number of nitrogens with zero attached hydrogens (tertiary/aromatic N) is 1. The van der Waals surface area contributed by atoms with Crippen LogP contribution in [0.3, 0.4) is 0 Å². The highest BCUT2D eigenvalue weighted by atomic mass is 32.1. The van der Waals surface area contributed by atoms with Crippen molar-refractivity contribution in [2.24, 2.45) is 5.92 Å². The van der Waals surface area contributed by atoms with Gasteiger partial charge in [-0.25, -0.2) is 0 Å². The van der Waals surface area contributed by atoms with Gasteiger partial charge in [0.15, 0.2) is 0 Å². The molecule has 1 aliphatic heterocycles. The second-order valence-electron chi connectivity index (χ2n) is 4.71. The Morgan fingerprint density at radius 3 is 3.13 bits per heavy atom. The maximum atomic E-state index is 3.65. The Labute approximate surface area is 95.3 Å². The lowest BCUT2D eigenvalue weighted by Gasteiger charge is -2.33. The zero-order chi connectivity index (χ0) is 10.1. The van der Waals surface area contributed by atoms with Gasteiger partial charge in [-0.3, -0.25) is 4.90 Å². The van der Waals surface area contributed by atoms with Crippen molar-refractivity contribution in [2.45, 2.75) is 25.4 Å². The molecule has 0 spiro atoms. The first-order valence-corrected chi connectivity index (χ1v) is 6.78. The first kappa shape index (κ1) is 9.82. The van der Waals surface area contributed by atoms with Crippen molar-refractivity contribution < 1.29 is 0 Å². The zero-order valence-electron chi connectivity index (χ0n) is 8.98. The van der Waals surface area contributed by atoms with Gasteiger partial charge in [0.1, 0.15) is 0 Å². The van der Waals surface area contributed by atoms with Crippen LogP contribution < -0.4 is 5.32 Å². The summed E-state index contributed by atoms with van der Waals surface area (Å²) < 4.78 is 0. The van der Waals surface area contributed by atoms with Gasteiger partial charge in [0, 0.05) is 37.1 Å². The summed E-state index contributed by atoms with van der Waals surface area (Å²) in [4.78, 5) is 4.11. The Morgan fingerprint density at radius 2 is 2.40 bits per heavy atom. The molecule has 2 aliphatic rings. The van der Waals surface area contributed by atoms with E-state index in [-0.39, 0.29) is 0 Å². The Morgan fingerprint density at radius 1 is 1.47 bits per heavy atom. The summed E-state index contributed by atoms with van der Waals surface area (Å²) in [6.45, 7) is 4.79. The van der Waals surface area contributed by atoms with Crippen molar-refractivity contribution in [1.29, 1.82) is 0 Å². The molecule has 1 aromatic heterocycles. The minimum atomic E-state index is 0.777. The number of thiophene rings is 1. The molecule has 0 aromatic carbocycles. The van der Waals surface area contributed by atoms with Gasteiger partial charge < -0.3 is 5.32 Å². The van der Waals surface area contributed by atoms with E-state index in [4.69, 9.17) is 0 Å². The number of hydrogen-bond donors (Lipinski definition) is 1. The molecule has 0 bridgehead atoms. The molecule has 1 aromatic rings. The van der Waals surface area contributed by atoms with E-state index >= 15 is 0 Å². The fraction of sp³-hybridized carbons (Fsp3) is 0.667. The Hall–Kier alpha value is -0.380. The molecule has 0 amide bonds. The highest BCUT2D eigenvalue weighted by Crippen LogP contribution is 2.33. The molecule has 1 N–H and O–H groups in total. The molecule has 2 heterocycles. The smallest absolute Gasteiger partial charge is 0.0329 e. The molecule has 1 aliphatic carbocycles. The third-order valence-corrected chi connectivity index (χ3v) is 4.30. The van der Waals surface area contributed by atoms with E-state index in [1.54, 1.807) is 0 Å². The fourth-order valence-electron chi connectivity index (χ4n) is 2.42. The highest BCUT2D eigenvalue weighted by molar-refractivity contribution is 7.09. The van der Waals surface area contributed by atoms with E-state index in [9.17, 15) is 0 Å². The third-order valence-electron chi connectivity index (χ3n) is 3.44. The van der Waals surface area contributed by atoms with Crippen LogP contribution in [0.15, 0.2) is 17.5 Å².